The van der Waals surface area contributed by atoms with Gasteiger partial charge in [-0.15, -0.1) is 0 Å². The van der Waals surface area contributed by atoms with E-state index in [1.165, 1.54) is 6.07 Å². The maximum atomic E-state index is 12.6. The predicted octanol–water partition coefficient (Wildman–Crippen LogP) is 3.96. The van der Waals surface area contributed by atoms with Crippen molar-refractivity contribution < 1.29 is 14.5 Å². The number of rotatable bonds is 4. The van der Waals surface area contributed by atoms with Crippen LogP contribution in [0.2, 0.25) is 0 Å². The third kappa shape index (κ3) is 5.39. The van der Waals surface area contributed by atoms with Crippen molar-refractivity contribution in [3.8, 4) is 0 Å². The Balaban J connectivity index is 1.82. The van der Waals surface area contributed by atoms with Crippen LogP contribution in [0.5, 0.6) is 0 Å². The van der Waals surface area contributed by atoms with Crippen molar-refractivity contribution >= 4 is 29.1 Å². The molecule has 0 saturated carbocycles. The first-order chi connectivity index (χ1) is 14.5. The lowest BCUT2D eigenvalue weighted by molar-refractivity contribution is -0.384. The van der Waals surface area contributed by atoms with Gasteiger partial charge in [-0.2, -0.15) is 0 Å². The maximum absolute atomic E-state index is 12.6. The minimum atomic E-state index is -0.568. The van der Waals surface area contributed by atoms with Gasteiger partial charge in [0.05, 0.1) is 17.0 Å². The summed E-state index contributed by atoms with van der Waals surface area (Å²) >= 11 is 0. The van der Waals surface area contributed by atoms with E-state index < -0.39 is 10.5 Å². The third-order valence-corrected chi connectivity index (χ3v) is 4.85. The van der Waals surface area contributed by atoms with E-state index in [0.717, 1.165) is 0 Å². The lowest BCUT2D eigenvalue weighted by Gasteiger charge is -2.44. The smallest absolute Gasteiger partial charge is 0.410 e. The number of ether oxygens (including phenoxy) is 1. The van der Waals surface area contributed by atoms with Crippen molar-refractivity contribution in [2.24, 2.45) is 0 Å². The van der Waals surface area contributed by atoms with Gasteiger partial charge in [-0.1, -0.05) is 0 Å². The second-order valence-electron chi connectivity index (χ2n) is 8.65. The van der Waals surface area contributed by atoms with E-state index in [1.807, 2.05) is 39.5 Å². The highest BCUT2D eigenvalue weighted by molar-refractivity contribution is 5.70. The largest absolute Gasteiger partial charge is 0.444 e. The van der Waals surface area contributed by atoms with Crippen LogP contribution < -0.4 is 10.2 Å². The Hall–Kier alpha value is -3.43. The van der Waals surface area contributed by atoms with Crippen molar-refractivity contribution in [1.82, 2.24) is 14.9 Å². The molecule has 1 fully saturated rings. The fraction of sp³-hybridized carbons (Fsp3) is 0.476. The van der Waals surface area contributed by atoms with Crippen LogP contribution in [0.15, 0.2) is 36.7 Å². The van der Waals surface area contributed by atoms with E-state index in [4.69, 9.17) is 4.74 Å². The highest BCUT2D eigenvalue weighted by Crippen LogP contribution is 2.30. The van der Waals surface area contributed by atoms with Crippen molar-refractivity contribution in [1.29, 1.82) is 0 Å². The number of anilines is 3. The topological polar surface area (TPSA) is 114 Å². The molecular weight excluding hydrogens is 400 g/mol. The number of nitro groups is 1. The van der Waals surface area contributed by atoms with E-state index in [1.54, 1.807) is 35.5 Å². The highest BCUT2D eigenvalue weighted by Gasteiger charge is 2.36. The van der Waals surface area contributed by atoms with Crippen LogP contribution in [0.25, 0.3) is 0 Å². The molecule has 0 spiro atoms. The van der Waals surface area contributed by atoms with E-state index in [2.05, 4.69) is 15.3 Å². The molecule has 10 nitrogen and oxygen atoms in total. The van der Waals surface area contributed by atoms with Gasteiger partial charge in [0.2, 0.25) is 5.82 Å². The summed E-state index contributed by atoms with van der Waals surface area (Å²) in [6.07, 6.45) is 2.85. The Labute approximate surface area is 181 Å². The molecule has 1 N–H and O–H groups in total. The van der Waals surface area contributed by atoms with E-state index >= 15 is 0 Å². The molecule has 2 atom stereocenters. The van der Waals surface area contributed by atoms with Gasteiger partial charge in [0, 0.05) is 37.2 Å². The molecule has 3 heterocycles. The first-order valence-electron chi connectivity index (χ1n) is 10.1. The zero-order valence-electron chi connectivity index (χ0n) is 18.4. The van der Waals surface area contributed by atoms with Crippen LogP contribution in [-0.4, -0.2) is 56.7 Å². The number of amides is 1. The fourth-order valence-electron chi connectivity index (χ4n) is 3.61. The van der Waals surface area contributed by atoms with Gasteiger partial charge in [0.1, 0.15) is 11.4 Å². The van der Waals surface area contributed by atoms with Crippen LogP contribution in [0.1, 0.15) is 34.6 Å². The molecular formula is C21H28N6O4. The third-order valence-electron chi connectivity index (χ3n) is 4.85. The number of pyridine rings is 2. The Morgan fingerprint density at radius 1 is 1.16 bits per heavy atom. The SMILES string of the molecule is C[C@H]1CN(c2ccc([N+](=O)[O-])c(Nc3ccncc3)n2)C[C@H](C)N1C(=O)OC(C)(C)C. The van der Waals surface area contributed by atoms with Gasteiger partial charge in [-0.25, -0.2) is 9.78 Å². The van der Waals surface area contributed by atoms with Gasteiger partial charge < -0.3 is 15.0 Å². The Kier molecular flexibility index (Phi) is 6.28. The maximum Gasteiger partial charge on any atom is 0.410 e. The number of hydrogen-bond donors (Lipinski definition) is 1. The molecule has 31 heavy (non-hydrogen) atoms. The quantitative estimate of drug-likeness (QED) is 0.575. The van der Waals surface area contributed by atoms with Gasteiger partial charge in [-0.3, -0.25) is 20.0 Å². The average Bonchev–Trinajstić information content (AvgIpc) is 2.66. The van der Waals surface area contributed by atoms with Crippen molar-refractivity contribution in [3.63, 3.8) is 0 Å². The molecule has 0 radical (unpaired) electrons. The first-order valence-corrected chi connectivity index (χ1v) is 10.1. The van der Waals surface area contributed by atoms with E-state index in [-0.39, 0.29) is 29.7 Å². The fourth-order valence-corrected chi connectivity index (χ4v) is 3.61. The summed E-state index contributed by atoms with van der Waals surface area (Å²) in [4.78, 5) is 35.9. The molecule has 2 aromatic heterocycles. The molecule has 1 aliphatic heterocycles. The molecule has 1 amide bonds. The van der Waals surface area contributed by atoms with E-state index in [9.17, 15) is 14.9 Å². The summed E-state index contributed by atoms with van der Waals surface area (Å²) in [5.74, 6) is 0.758. The van der Waals surface area contributed by atoms with E-state index in [0.29, 0.717) is 24.6 Å². The number of nitrogens with one attached hydrogen (secondary N) is 1. The molecule has 2 aromatic rings. The summed E-state index contributed by atoms with van der Waals surface area (Å²) in [5.41, 5.74) is -0.0329. The second-order valence-corrected chi connectivity index (χ2v) is 8.65. The van der Waals surface area contributed by atoms with Crippen LogP contribution >= 0.6 is 0 Å². The predicted molar refractivity (Wildman–Crippen MR) is 118 cm³/mol. The lowest BCUT2D eigenvalue weighted by atomic mass is 10.1. The lowest BCUT2D eigenvalue weighted by Crippen LogP contribution is -2.59. The number of hydrogen-bond acceptors (Lipinski definition) is 8. The summed E-state index contributed by atoms with van der Waals surface area (Å²) < 4.78 is 5.55. The van der Waals surface area contributed by atoms with Gasteiger partial charge in [0.15, 0.2) is 0 Å². The summed E-state index contributed by atoms with van der Waals surface area (Å²) in [5, 5.41) is 14.5. The summed E-state index contributed by atoms with van der Waals surface area (Å²) in [7, 11) is 0. The highest BCUT2D eigenvalue weighted by atomic mass is 16.6. The first kappa shape index (κ1) is 22.3. The second kappa shape index (κ2) is 8.75. The van der Waals surface area contributed by atoms with Crippen molar-refractivity contribution in [2.45, 2.75) is 52.3 Å². The number of nitrogens with zero attached hydrogens (tertiary/aromatic N) is 5. The minimum absolute atomic E-state index is 0.117. The van der Waals surface area contributed by atoms with Crippen molar-refractivity contribution in [2.75, 3.05) is 23.3 Å². The van der Waals surface area contributed by atoms with Crippen LogP contribution in [-0.2, 0) is 4.74 Å². The Morgan fingerprint density at radius 3 is 2.32 bits per heavy atom. The molecule has 0 aliphatic carbocycles. The Morgan fingerprint density at radius 2 is 1.77 bits per heavy atom. The zero-order chi connectivity index (χ0) is 22.8. The Bertz CT molecular complexity index is 935. The molecule has 166 valence electrons. The molecule has 1 saturated heterocycles. The number of piperazine rings is 1. The number of aromatic nitrogens is 2. The van der Waals surface area contributed by atoms with Gasteiger partial charge in [0.25, 0.3) is 0 Å². The molecule has 0 aromatic carbocycles. The van der Waals surface area contributed by atoms with Crippen molar-refractivity contribution in [3.05, 3.63) is 46.8 Å². The number of carbonyl (C=O) groups excluding carboxylic acids is 1. The van der Waals surface area contributed by atoms with Gasteiger partial charge in [-0.05, 0) is 52.8 Å². The molecule has 10 heteroatoms. The minimum Gasteiger partial charge on any atom is -0.444 e. The molecule has 0 unspecified atom stereocenters. The van der Waals surface area contributed by atoms with Crippen LogP contribution in [0.4, 0.5) is 27.8 Å². The normalized spacial score (nSPS) is 19.1. The summed E-state index contributed by atoms with van der Waals surface area (Å²) in [6.45, 7) is 10.5. The summed E-state index contributed by atoms with van der Waals surface area (Å²) in [6, 6.07) is 6.27. The molecule has 3 rings (SSSR count). The van der Waals surface area contributed by atoms with Crippen LogP contribution in [0, 0.1) is 10.1 Å². The molecule has 1 aliphatic rings. The van der Waals surface area contributed by atoms with Crippen LogP contribution in [0.3, 0.4) is 0 Å². The molecule has 0 bridgehead atoms. The number of carbonyl (C=O) groups is 1. The monoisotopic (exact) mass is 428 g/mol. The average molecular weight is 428 g/mol. The zero-order valence-corrected chi connectivity index (χ0v) is 18.4. The van der Waals surface area contributed by atoms with Gasteiger partial charge >= 0.3 is 11.8 Å². The standard InChI is InChI=1S/C21H28N6O4/c1-14-12-25(13-15(2)26(14)20(28)31-21(3,4)5)18-7-6-17(27(29)30)19(24-18)23-16-8-10-22-11-9-16/h6-11,14-15H,12-13H2,1-5H3,(H,22,23,24)/t14-,15-/m0/s1.